The lowest BCUT2D eigenvalue weighted by Gasteiger charge is -2.15. The van der Waals surface area contributed by atoms with E-state index in [1.165, 1.54) is 23.4 Å². The molecule has 5 rings (SSSR count). The molecule has 0 saturated heterocycles. The Kier molecular flexibility index (Phi) is 5.91. The molecular weight excluding hydrogens is 454 g/mol. The van der Waals surface area contributed by atoms with E-state index >= 15 is 0 Å². The first-order chi connectivity index (χ1) is 16.5. The number of para-hydroxylation sites is 2. The van der Waals surface area contributed by atoms with Crippen LogP contribution in [0.4, 0.5) is 0 Å². The minimum absolute atomic E-state index is 0.0195. The summed E-state index contributed by atoms with van der Waals surface area (Å²) < 4.78 is 8.55. The first kappa shape index (κ1) is 21.9. The van der Waals surface area contributed by atoms with Crippen LogP contribution in [0.5, 0.6) is 5.75 Å². The number of hydrogen-bond donors (Lipinski definition) is 2. The summed E-state index contributed by atoms with van der Waals surface area (Å²) in [5.41, 5.74) is 0.129. The molecule has 0 bridgehead atoms. The second-order valence-electron chi connectivity index (χ2n) is 7.72. The minimum Gasteiger partial charge on any atom is -0.491 e. The third-order valence-electron chi connectivity index (χ3n) is 5.32. The molecule has 0 amide bonds. The maximum atomic E-state index is 12.7. The van der Waals surface area contributed by atoms with Crippen LogP contribution < -0.4 is 16.0 Å². The van der Waals surface area contributed by atoms with Gasteiger partial charge in [0.1, 0.15) is 23.5 Å². The molecule has 34 heavy (non-hydrogen) atoms. The molecule has 172 valence electrons. The van der Waals surface area contributed by atoms with E-state index in [1.54, 1.807) is 16.7 Å². The summed E-state index contributed by atoms with van der Waals surface area (Å²) in [6.07, 6.45) is -0.932. The molecule has 0 aliphatic rings. The van der Waals surface area contributed by atoms with Crippen molar-refractivity contribution in [2.45, 2.75) is 22.8 Å². The minimum atomic E-state index is -0.932. The SMILES string of the molecule is Cn1c(=O)[nH]c(=O)c2c1nc(Sc1ccc3ccccc3n1)n2CC(O)COc1ccccc1. The second kappa shape index (κ2) is 9.16. The summed E-state index contributed by atoms with van der Waals surface area (Å²) >= 11 is 1.26. The van der Waals surface area contributed by atoms with Crippen molar-refractivity contribution >= 4 is 33.8 Å². The van der Waals surface area contributed by atoms with Crippen molar-refractivity contribution in [2.24, 2.45) is 7.05 Å². The lowest BCUT2D eigenvalue weighted by atomic mass is 10.2. The molecule has 10 heteroatoms. The zero-order valence-corrected chi connectivity index (χ0v) is 19.0. The standard InChI is InChI=1S/C24H21N5O4S/c1-28-21-20(22(31)27-23(28)32)29(13-16(30)14-33-17-8-3-2-4-9-17)24(26-21)34-19-12-11-15-7-5-6-10-18(15)25-19/h2-12,16,30H,13-14H2,1H3,(H,27,31,32). The second-order valence-corrected chi connectivity index (χ2v) is 8.71. The van der Waals surface area contributed by atoms with E-state index < -0.39 is 17.4 Å². The summed E-state index contributed by atoms with van der Waals surface area (Å²) in [6, 6.07) is 20.7. The van der Waals surface area contributed by atoms with E-state index in [2.05, 4.69) is 15.0 Å². The number of fused-ring (bicyclic) bond motifs is 2. The Bertz CT molecular complexity index is 1590. The number of nitrogens with zero attached hydrogens (tertiary/aromatic N) is 4. The van der Waals surface area contributed by atoms with Gasteiger partial charge in [-0.3, -0.25) is 14.3 Å². The lowest BCUT2D eigenvalue weighted by molar-refractivity contribution is 0.0914. The number of ether oxygens (including phenoxy) is 1. The van der Waals surface area contributed by atoms with E-state index in [-0.39, 0.29) is 24.3 Å². The van der Waals surface area contributed by atoms with Crippen molar-refractivity contribution in [3.05, 3.63) is 87.6 Å². The van der Waals surface area contributed by atoms with Gasteiger partial charge in [-0.2, -0.15) is 0 Å². The number of aryl methyl sites for hydroxylation is 1. The number of nitrogens with one attached hydrogen (secondary N) is 1. The number of aromatic amines is 1. The highest BCUT2D eigenvalue weighted by Crippen LogP contribution is 2.29. The molecule has 9 nitrogen and oxygen atoms in total. The molecule has 0 fully saturated rings. The summed E-state index contributed by atoms with van der Waals surface area (Å²) in [5, 5.41) is 12.8. The fraction of sp³-hybridized carbons (Fsp3) is 0.167. The van der Waals surface area contributed by atoms with Crippen molar-refractivity contribution in [3.8, 4) is 5.75 Å². The van der Waals surface area contributed by atoms with Crippen molar-refractivity contribution in [2.75, 3.05) is 6.61 Å². The number of pyridine rings is 1. The van der Waals surface area contributed by atoms with Crippen LogP contribution in [0.2, 0.25) is 0 Å². The molecule has 3 aromatic heterocycles. The number of imidazole rings is 1. The van der Waals surface area contributed by atoms with Crippen molar-refractivity contribution in [3.63, 3.8) is 0 Å². The van der Waals surface area contributed by atoms with Gasteiger partial charge in [-0.15, -0.1) is 0 Å². The van der Waals surface area contributed by atoms with Gasteiger partial charge in [0, 0.05) is 12.4 Å². The Morgan fingerprint density at radius 3 is 2.62 bits per heavy atom. The number of aliphatic hydroxyl groups is 1. The molecule has 2 N–H and O–H groups in total. The first-order valence-corrected chi connectivity index (χ1v) is 11.4. The van der Waals surface area contributed by atoms with Crippen LogP contribution in [0.1, 0.15) is 0 Å². The van der Waals surface area contributed by atoms with Crippen LogP contribution in [0.25, 0.3) is 22.1 Å². The first-order valence-electron chi connectivity index (χ1n) is 10.6. The number of H-pyrrole nitrogens is 1. The number of aliphatic hydroxyl groups excluding tert-OH is 1. The van der Waals surface area contributed by atoms with Crippen LogP contribution in [-0.4, -0.2) is 41.9 Å². The van der Waals surface area contributed by atoms with Gasteiger partial charge >= 0.3 is 5.69 Å². The van der Waals surface area contributed by atoms with Gasteiger partial charge in [0.15, 0.2) is 16.3 Å². The van der Waals surface area contributed by atoms with E-state index in [4.69, 9.17) is 4.74 Å². The third kappa shape index (κ3) is 4.33. The number of benzene rings is 2. The van der Waals surface area contributed by atoms with Gasteiger partial charge in [-0.05, 0) is 36.0 Å². The van der Waals surface area contributed by atoms with Crippen LogP contribution in [0, 0.1) is 0 Å². The van der Waals surface area contributed by atoms with Crippen molar-refractivity contribution < 1.29 is 9.84 Å². The van der Waals surface area contributed by atoms with Gasteiger partial charge in [0.25, 0.3) is 5.56 Å². The maximum Gasteiger partial charge on any atom is 0.329 e. The largest absolute Gasteiger partial charge is 0.491 e. The Balaban J connectivity index is 1.51. The number of aromatic nitrogens is 5. The van der Waals surface area contributed by atoms with Crippen molar-refractivity contribution in [1.82, 2.24) is 24.1 Å². The molecule has 1 atom stereocenters. The van der Waals surface area contributed by atoms with Crippen LogP contribution in [0.15, 0.2) is 86.5 Å². The molecule has 2 aromatic carbocycles. The zero-order chi connectivity index (χ0) is 23.7. The molecular formula is C24H21N5O4S. The Morgan fingerprint density at radius 1 is 1.03 bits per heavy atom. The molecule has 0 saturated carbocycles. The Morgan fingerprint density at radius 2 is 1.79 bits per heavy atom. The van der Waals surface area contributed by atoms with E-state index in [1.807, 2.05) is 54.6 Å². The zero-order valence-electron chi connectivity index (χ0n) is 18.2. The van der Waals surface area contributed by atoms with Gasteiger partial charge in [-0.1, -0.05) is 42.5 Å². The highest BCUT2D eigenvalue weighted by molar-refractivity contribution is 7.99. The average Bonchev–Trinajstić information content (AvgIpc) is 3.20. The molecule has 0 radical (unpaired) electrons. The highest BCUT2D eigenvalue weighted by Gasteiger charge is 2.21. The van der Waals surface area contributed by atoms with E-state index in [0.29, 0.717) is 15.9 Å². The Hall–Kier alpha value is -3.89. The molecule has 0 spiro atoms. The number of rotatable bonds is 7. The van der Waals surface area contributed by atoms with Crippen LogP contribution >= 0.6 is 11.8 Å². The van der Waals surface area contributed by atoms with E-state index in [9.17, 15) is 14.7 Å². The molecule has 3 heterocycles. The van der Waals surface area contributed by atoms with Gasteiger partial charge in [0.05, 0.1) is 12.1 Å². The highest BCUT2D eigenvalue weighted by atomic mass is 32.2. The molecule has 5 aromatic rings. The van der Waals surface area contributed by atoms with E-state index in [0.717, 1.165) is 10.9 Å². The monoisotopic (exact) mass is 475 g/mol. The average molecular weight is 476 g/mol. The quantitative estimate of drug-likeness (QED) is 0.372. The predicted octanol–water partition coefficient (Wildman–Crippen LogP) is 2.56. The normalized spacial score (nSPS) is 12.3. The summed E-state index contributed by atoms with van der Waals surface area (Å²) in [6.45, 7) is 0.0617. The topological polar surface area (TPSA) is 115 Å². The predicted molar refractivity (Wildman–Crippen MR) is 129 cm³/mol. The smallest absolute Gasteiger partial charge is 0.329 e. The Labute approximate surface area is 197 Å². The van der Waals surface area contributed by atoms with Gasteiger partial charge in [0.2, 0.25) is 0 Å². The van der Waals surface area contributed by atoms with Crippen LogP contribution in [-0.2, 0) is 13.6 Å². The number of hydrogen-bond acceptors (Lipinski definition) is 7. The maximum absolute atomic E-state index is 12.7. The fourth-order valence-electron chi connectivity index (χ4n) is 3.63. The lowest BCUT2D eigenvalue weighted by Crippen LogP contribution is -2.30. The molecule has 0 aliphatic carbocycles. The fourth-order valence-corrected chi connectivity index (χ4v) is 4.51. The molecule has 0 aliphatic heterocycles. The summed E-state index contributed by atoms with van der Waals surface area (Å²) in [7, 11) is 1.54. The van der Waals surface area contributed by atoms with Gasteiger partial charge < -0.3 is 14.4 Å². The summed E-state index contributed by atoms with van der Waals surface area (Å²) in [4.78, 5) is 36.4. The molecule has 1 unspecified atom stereocenters. The van der Waals surface area contributed by atoms with Gasteiger partial charge in [-0.25, -0.2) is 14.8 Å². The van der Waals surface area contributed by atoms with Crippen molar-refractivity contribution in [1.29, 1.82) is 0 Å². The third-order valence-corrected chi connectivity index (χ3v) is 6.25. The van der Waals surface area contributed by atoms with Crippen LogP contribution in [0.3, 0.4) is 0 Å². The summed E-state index contributed by atoms with van der Waals surface area (Å²) in [5.74, 6) is 0.632.